The van der Waals surface area contributed by atoms with Gasteiger partial charge in [-0.1, -0.05) is 36.4 Å². The van der Waals surface area contributed by atoms with Gasteiger partial charge in [0.1, 0.15) is 11.8 Å². The van der Waals surface area contributed by atoms with E-state index in [1.165, 1.54) is 6.07 Å². The summed E-state index contributed by atoms with van der Waals surface area (Å²) in [6.07, 6.45) is 0.548. The number of carboxylic acids is 1. The fourth-order valence-electron chi connectivity index (χ4n) is 2.95. The van der Waals surface area contributed by atoms with Gasteiger partial charge in [-0.15, -0.1) is 0 Å². The maximum absolute atomic E-state index is 12.5. The Balaban J connectivity index is 1.59. The van der Waals surface area contributed by atoms with Gasteiger partial charge in [0.05, 0.1) is 0 Å². The van der Waals surface area contributed by atoms with Crippen LogP contribution < -0.4 is 10.1 Å². The fourth-order valence-corrected chi connectivity index (χ4v) is 2.95. The van der Waals surface area contributed by atoms with Crippen LogP contribution in [-0.2, 0) is 16.1 Å². The lowest BCUT2D eigenvalue weighted by atomic mass is 10.1. The van der Waals surface area contributed by atoms with Crippen molar-refractivity contribution in [3.05, 3.63) is 65.7 Å². The summed E-state index contributed by atoms with van der Waals surface area (Å²) in [6.45, 7) is 0.617. The number of likely N-dealkylation sites (tertiary alicyclic amines) is 1. The van der Waals surface area contributed by atoms with Gasteiger partial charge in [0.2, 0.25) is 5.91 Å². The number of aliphatic carboxylic acids is 1. The van der Waals surface area contributed by atoms with Crippen LogP contribution in [0, 0.1) is 0 Å². The van der Waals surface area contributed by atoms with Crippen molar-refractivity contribution in [2.75, 3.05) is 13.2 Å². The van der Waals surface area contributed by atoms with Gasteiger partial charge in [-0.2, -0.15) is 0 Å². The molecule has 0 saturated carbocycles. The van der Waals surface area contributed by atoms with E-state index < -0.39 is 24.5 Å². The highest BCUT2D eigenvalue weighted by molar-refractivity contribution is 5.98. The third kappa shape index (κ3) is 4.84. The number of nitrogens with zero attached hydrogens (tertiary/aromatic N) is 1. The predicted molar refractivity (Wildman–Crippen MR) is 97.3 cm³/mol. The molecule has 1 saturated heterocycles. The SMILES string of the molecule is O=C(O)COc1cccc(C(=O)NC2CCN(Cc3ccccc3)C2=O)c1. The second-order valence-electron chi connectivity index (χ2n) is 6.27. The van der Waals surface area contributed by atoms with Crippen LogP contribution in [0.1, 0.15) is 22.3 Å². The van der Waals surface area contributed by atoms with Crippen molar-refractivity contribution in [2.45, 2.75) is 19.0 Å². The number of rotatable bonds is 7. The van der Waals surface area contributed by atoms with E-state index in [-0.39, 0.29) is 11.7 Å². The quantitative estimate of drug-likeness (QED) is 0.775. The fraction of sp³-hybridized carbons (Fsp3) is 0.250. The van der Waals surface area contributed by atoms with Crippen molar-refractivity contribution >= 4 is 17.8 Å². The van der Waals surface area contributed by atoms with Gasteiger partial charge in [-0.05, 0) is 30.2 Å². The summed E-state index contributed by atoms with van der Waals surface area (Å²) in [7, 11) is 0. The molecular formula is C20H20N2O5. The lowest BCUT2D eigenvalue weighted by Gasteiger charge is -2.17. The van der Waals surface area contributed by atoms with Crippen molar-refractivity contribution in [3.8, 4) is 5.75 Å². The first-order valence-electron chi connectivity index (χ1n) is 8.61. The van der Waals surface area contributed by atoms with Gasteiger partial charge in [-0.25, -0.2) is 4.79 Å². The monoisotopic (exact) mass is 368 g/mol. The highest BCUT2D eigenvalue weighted by Crippen LogP contribution is 2.17. The first-order chi connectivity index (χ1) is 13.0. The van der Waals surface area contributed by atoms with E-state index in [1.807, 2.05) is 30.3 Å². The highest BCUT2D eigenvalue weighted by atomic mass is 16.5. The number of ether oxygens (including phenoxy) is 1. The van der Waals surface area contributed by atoms with Crippen LogP contribution in [0.2, 0.25) is 0 Å². The molecule has 2 N–H and O–H groups in total. The van der Waals surface area contributed by atoms with E-state index in [0.29, 0.717) is 25.1 Å². The topological polar surface area (TPSA) is 95.9 Å². The van der Waals surface area contributed by atoms with Crippen LogP contribution in [0.4, 0.5) is 0 Å². The van der Waals surface area contributed by atoms with E-state index in [9.17, 15) is 14.4 Å². The Morgan fingerprint density at radius 2 is 1.93 bits per heavy atom. The van der Waals surface area contributed by atoms with Crippen molar-refractivity contribution < 1.29 is 24.2 Å². The standard InChI is InChI=1S/C20H20N2O5/c23-18(24)13-27-16-8-4-7-15(11-16)19(25)21-17-9-10-22(20(17)26)12-14-5-2-1-3-6-14/h1-8,11,17H,9-10,12-13H2,(H,21,25)(H,23,24). The minimum absolute atomic E-state index is 0.106. The van der Waals surface area contributed by atoms with Crippen molar-refractivity contribution in [2.24, 2.45) is 0 Å². The molecule has 0 spiro atoms. The molecule has 0 aromatic heterocycles. The number of benzene rings is 2. The zero-order chi connectivity index (χ0) is 19.2. The Kier molecular flexibility index (Phi) is 5.71. The minimum atomic E-state index is -1.10. The lowest BCUT2D eigenvalue weighted by molar-refractivity contribution is -0.139. The molecule has 7 nitrogen and oxygen atoms in total. The highest BCUT2D eigenvalue weighted by Gasteiger charge is 2.32. The molecule has 140 valence electrons. The van der Waals surface area contributed by atoms with E-state index in [2.05, 4.69) is 5.32 Å². The number of carboxylic acid groups (broad SMARTS) is 1. The first kappa shape index (κ1) is 18.4. The van der Waals surface area contributed by atoms with Crippen LogP contribution >= 0.6 is 0 Å². The van der Waals surface area contributed by atoms with E-state index in [1.54, 1.807) is 23.1 Å². The Hall–Kier alpha value is -3.35. The third-order valence-electron chi connectivity index (χ3n) is 4.28. The zero-order valence-corrected chi connectivity index (χ0v) is 14.6. The Morgan fingerprint density at radius 1 is 1.15 bits per heavy atom. The summed E-state index contributed by atoms with van der Waals surface area (Å²) >= 11 is 0. The summed E-state index contributed by atoms with van der Waals surface area (Å²) in [5.74, 6) is -1.31. The van der Waals surface area contributed by atoms with Crippen molar-refractivity contribution in [1.82, 2.24) is 10.2 Å². The second-order valence-corrected chi connectivity index (χ2v) is 6.27. The Labute approximate surface area is 156 Å². The summed E-state index contributed by atoms with van der Waals surface area (Å²) in [5.41, 5.74) is 1.35. The molecule has 2 amide bonds. The molecule has 0 bridgehead atoms. The van der Waals surface area contributed by atoms with Gasteiger partial charge in [0.15, 0.2) is 6.61 Å². The van der Waals surface area contributed by atoms with Crippen LogP contribution in [0.15, 0.2) is 54.6 Å². The molecule has 1 fully saturated rings. The number of nitrogens with one attached hydrogen (secondary N) is 1. The molecule has 2 aromatic rings. The molecule has 1 atom stereocenters. The molecule has 0 radical (unpaired) electrons. The van der Waals surface area contributed by atoms with Gasteiger partial charge < -0.3 is 20.1 Å². The molecule has 1 heterocycles. The van der Waals surface area contributed by atoms with E-state index in [4.69, 9.17) is 9.84 Å². The third-order valence-corrected chi connectivity index (χ3v) is 4.28. The van der Waals surface area contributed by atoms with Crippen molar-refractivity contribution in [1.29, 1.82) is 0 Å². The lowest BCUT2D eigenvalue weighted by Crippen LogP contribution is -2.41. The molecule has 3 rings (SSSR count). The number of hydrogen-bond acceptors (Lipinski definition) is 4. The van der Waals surface area contributed by atoms with Crippen LogP contribution in [0.5, 0.6) is 5.75 Å². The average molecular weight is 368 g/mol. The van der Waals surface area contributed by atoms with Crippen LogP contribution in [0.3, 0.4) is 0 Å². The van der Waals surface area contributed by atoms with Gasteiger partial charge in [0, 0.05) is 18.7 Å². The molecule has 1 unspecified atom stereocenters. The first-order valence-corrected chi connectivity index (χ1v) is 8.61. The maximum atomic E-state index is 12.5. The minimum Gasteiger partial charge on any atom is -0.482 e. The smallest absolute Gasteiger partial charge is 0.341 e. The van der Waals surface area contributed by atoms with E-state index in [0.717, 1.165) is 5.56 Å². The average Bonchev–Trinajstić information content (AvgIpc) is 3.01. The number of carbonyl (C=O) groups excluding carboxylic acids is 2. The Morgan fingerprint density at radius 3 is 2.67 bits per heavy atom. The van der Waals surface area contributed by atoms with Gasteiger partial charge in [0.25, 0.3) is 5.91 Å². The summed E-state index contributed by atoms with van der Waals surface area (Å²) in [6, 6.07) is 15.3. The second kappa shape index (κ2) is 8.35. The van der Waals surface area contributed by atoms with Crippen molar-refractivity contribution in [3.63, 3.8) is 0 Å². The van der Waals surface area contributed by atoms with E-state index >= 15 is 0 Å². The summed E-state index contributed by atoms with van der Waals surface area (Å²) in [5, 5.41) is 11.4. The number of amides is 2. The maximum Gasteiger partial charge on any atom is 0.341 e. The molecule has 0 aliphatic carbocycles. The summed E-state index contributed by atoms with van der Waals surface area (Å²) < 4.78 is 5.08. The largest absolute Gasteiger partial charge is 0.482 e. The van der Waals surface area contributed by atoms with Crippen LogP contribution in [0.25, 0.3) is 0 Å². The molecule has 27 heavy (non-hydrogen) atoms. The molecule has 1 aliphatic rings. The van der Waals surface area contributed by atoms with Gasteiger partial charge in [-0.3, -0.25) is 9.59 Å². The number of carbonyl (C=O) groups is 3. The normalized spacial score (nSPS) is 16.2. The Bertz CT molecular complexity index is 837. The summed E-state index contributed by atoms with van der Waals surface area (Å²) in [4.78, 5) is 37.3. The van der Waals surface area contributed by atoms with Crippen LogP contribution in [-0.4, -0.2) is 47.0 Å². The van der Waals surface area contributed by atoms with Gasteiger partial charge >= 0.3 is 5.97 Å². The molecule has 2 aromatic carbocycles. The molecular weight excluding hydrogens is 348 g/mol. The molecule has 7 heteroatoms. The number of hydrogen-bond donors (Lipinski definition) is 2. The predicted octanol–water partition coefficient (Wildman–Crippen LogP) is 1.68. The molecule has 1 aliphatic heterocycles. The zero-order valence-electron chi connectivity index (χ0n) is 14.6.